The van der Waals surface area contributed by atoms with Gasteiger partial charge in [0.05, 0.1) is 0 Å². The first-order valence-corrected chi connectivity index (χ1v) is 6.97. The van der Waals surface area contributed by atoms with Crippen LogP contribution in [0.2, 0.25) is 0 Å². The number of nitrogens with two attached hydrogens (primary N) is 1. The monoisotopic (exact) mass is 277 g/mol. The molecular weight excluding hydrogens is 254 g/mol. The molecule has 2 rings (SSSR count). The molecule has 0 bridgehead atoms. The van der Waals surface area contributed by atoms with Crippen molar-refractivity contribution in [2.24, 2.45) is 5.73 Å². The van der Waals surface area contributed by atoms with E-state index in [1.54, 1.807) is 0 Å². The summed E-state index contributed by atoms with van der Waals surface area (Å²) in [6, 6.07) is 8.44. The van der Waals surface area contributed by atoms with Crippen molar-refractivity contribution in [1.82, 2.24) is 9.80 Å². The van der Waals surface area contributed by atoms with Crippen molar-refractivity contribution >= 4 is 5.91 Å². The normalized spacial score (nSPS) is 20.8. The number of hydrogen-bond donors (Lipinski definition) is 1. The first kappa shape index (κ1) is 14.8. The minimum absolute atomic E-state index is 0.0744. The number of carbonyl (C=O) groups is 1. The van der Waals surface area contributed by atoms with Gasteiger partial charge in [-0.1, -0.05) is 12.1 Å². The molecule has 1 aromatic carbocycles. The number of rotatable bonds is 5. The van der Waals surface area contributed by atoms with Gasteiger partial charge >= 0.3 is 0 Å². The van der Waals surface area contributed by atoms with Crippen molar-refractivity contribution < 1.29 is 9.53 Å². The molecule has 1 aromatic rings. The highest BCUT2D eigenvalue weighted by atomic mass is 16.5. The van der Waals surface area contributed by atoms with Crippen molar-refractivity contribution in [2.45, 2.75) is 19.5 Å². The lowest BCUT2D eigenvalue weighted by molar-refractivity contribution is -0.119. The van der Waals surface area contributed by atoms with Crippen LogP contribution in [-0.2, 0) is 11.3 Å². The van der Waals surface area contributed by atoms with E-state index in [0.717, 1.165) is 26.2 Å². The number of benzene rings is 1. The van der Waals surface area contributed by atoms with Gasteiger partial charge in [0.2, 0.25) is 0 Å². The summed E-state index contributed by atoms with van der Waals surface area (Å²) in [6.45, 7) is 6.33. The third kappa shape index (κ3) is 4.21. The van der Waals surface area contributed by atoms with Crippen LogP contribution in [0.3, 0.4) is 0 Å². The summed E-state index contributed by atoms with van der Waals surface area (Å²) < 4.78 is 5.33. The molecule has 1 fully saturated rings. The Bertz CT molecular complexity index is 464. The van der Waals surface area contributed by atoms with Crippen LogP contribution in [0.5, 0.6) is 5.75 Å². The van der Waals surface area contributed by atoms with Gasteiger partial charge in [-0.2, -0.15) is 0 Å². The van der Waals surface area contributed by atoms with E-state index in [1.807, 2.05) is 18.2 Å². The van der Waals surface area contributed by atoms with Crippen LogP contribution in [0.1, 0.15) is 12.5 Å². The Balaban J connectivity index is 1.92. The van der Waals surface area contributed by atoms with E-state index in [2.05, 4.69) is 29.8 Å². The molecular formula is C15H23N3O2. The van der Waals surface area contributed by atoms with Gasteiger partial charge in [0.25, 0.3) is 5.91 Å². The number of amides is 1. The highest BCUT2D eigenvalue weighted by Gasteiger charge is 2.20. The van der Waals surface area contributed by atoms with Crippen LogP contribution >= 0.6 is 0 Å². The van der Waals surface area contributed by atoms with E-state index >= 15 is 0 Å². The second-order valence-electron chi connectivity index (χ2n) is 5.47. The SMILES string of the molecule is C[C@H]1CN(Cc2cccc(OCC(N)=O)c2)CCN1C. The summed E-state index contributed by atoms with van der Waals surface area (Å²) in [7, 11) is 2.17. The number of primary amides is 1. The zero-order chi connectivity index (χ0) is 14.5. The smallest absolute Gasteiger partial charge is 0.255 e. The molecule has 1 saturated heterocycles. The fraction of sp³-hybridized carbons (Fsp3) is 0.533. The lowest BCUT2D eigenvalue weighted by atomic mass is 10.1. The molecule has 0 saturated carbocycles. The highest BCUT2D eigenvalue weighted by molar-refractivity contribution is 5.75. The molecule has 5 heteroatoms. The zero-order valence-electron chi connectivity index (χ0n) is 12.2. The molecule has 5 nitrogen and oxygen atoms in total. The molecule has 0 aromatic heterocycles. The average molecular weight is 277 g/mol. The first-order valence-electron chi connectivity index (χ1n) is 6.97. The largest absolute Gasteiger partial charge is 0.484 e. The molecule has 1 amide bonds. The second kappa shape index (κ2) is 6.72. The summed E-state index contributed by atoms with van der Waals surface area (Å²) in [4.78, 5) is 15.5. The topological polar surface area (TPSA) is 58.8 Å². The summed E-state index contributed by atoms with van der Waals surface area (Å²) in [5.74, 6) is 0.242. The Labute approximate surface area is 120 Å². The van der Waals surface area contributed by atoms with Gasteiger partial charge in [-0.25, -0.2) is 0 Å². The second-order valence-corrected chi connectivity index (χ2v) is 5.47. The van der Waals surface area contributed by atoms with Crippen molar-refractivity contribution in [2.75, 3.05) is 33.3 Å². The number of carbonyl (C=O) groups excluding carboxylic acids is 1. The number of hydrogen-bond acceptors (Lipinski definition) is 4. The Morgan fingerprint density at radius 3 is 2.95 bits per heavy atom. The van der Waals surface area contributed by atoms with E-state index in [1.165, 1.54) is 5.56 Å². The van der Waals surface area contributed by atoms with Crippen LogP contribution in [0.4, 0.5) is 0 Å². The van der Waals surface area contributed by atoms with Gasteiger partial charge < -0.3 is 15.4 Å². The molecule has 1 atom stereocenters. The maximum atomic E-state index is 10.7. The molecule has 0 aliphatic carbocycles. The number of nitrogens with zero attached hydrogens (tertiary/aromatic N) is 2. The summed E-state index contributed by atoms with van der Waals surface area (Å²) >= 11 is 0. The fourth-order valence-corrected chi connectivity index (χ4v) is 2.41. The van der Waals surface area contributed by atoms with E-state index in [-0.39, 0.29) is 6.61 Å². The zero-order valence-corrected chi connectivity index (χ0v) is 12.2. The standard InChI is InChI=1S/C15H23N3O2/c1-12-9-18(7-6-17(12)2)10-13-4-3-5-14(8-13)20-11-15(16)19/h3-5,8,12H,6-7,9-11H2,1-2H3,(H2,16,19)/t12-/m0/s1. The molecule has 1 aliphatic heterocycles. The molecule has 110 valence electrons. The quantitative estimate of drug-likeness (QED) is 0.860. The molecule has 1 aliphatic rings. The van der Waals surface area contributed by atoms with Crippen LogP contribution in [0.25, 0.3) is 0 Å². The minimum Gasteiger partial charge on any atom is -0.484 e. The van der Waals surface area contributed by atoms with E-state index in [9.17, 15) is 4.79 Å². The number of piperazine rings is 1. The summed E-state index contributed by atoms with van der Waals surface area (Å²) in [6.07, 6.45) is 0. The van der Waals surface area contributed by atoms with E-state index in [0.29, 0.717) is 11.8 Å². The van der Waals surface area contributed by atoms with Crippen LogP contribution < -0.4 is 10.5 Å². The van der Waals surface area contributed by atoms with Crippen molar-refractivity contribution in [3.05, 3.63) is 29.8 Å². The van der Waals surface area contributed by atoms with Gasteiger partial charge in [-0.15, -0.1) is 0 Å². The summed E-state index contributed by atoms with van der Waals surface area (Å²) in [5, 5.41) is 0. The van der Waals surface area contributed by atoms with Crippen molar-refractivity contribution in [3.8, 4) is 5.75 Å². The Morgan fingerprint density at radius 1 is 1.45 bits per heavy atom. The predicted octanol–water partition coefficient (Wildman–Crippen LogP) is 0.687. The third-order valence-corrected chi connectivity index (χ3v) is 3.73. The van der Waals surface area contributed by atoms with Gasteiger partial charge in [-0.05, 0) is 31.7 Å². The maximum absolute atomic E-state index is 10.7. The Morgan fingerprint density at radius 2 is 2.25 bits per heavy atom. The van der Waals surface area contributed by atoms with Gasteiger partial charge in [0, 0.05) is 32.2 Å². The predicted molar refractivity (Wildman–Crippen MR) is 78.5 cm³/mol. The van der Waals surface area contributed by atoms with Crippen LogP contribution in [-0.4, -0.2) is 55.0 Å². The average Bonchev–Trinajstić information content (AvgIpc) is 2.41. The number of likely N-dealkylation sites (N-methyl/N-ethyl adjacent to an activating group) is 1. The molecule has 20 heavy (non-hydrogen) atoms. The minimum atomic E-state index is -0.455. The van der Waals surface area contributed by atoms with Crippen molar-refractivity contribution in [3.63, 3.8) is 0 Å². The molecule has 2 N–H and O–H groups in total. The van der Waals surface area contributed by atoms with Gasteiger partial charge in [0.15, 0.2) is 6.61 Å². The Kier molecular flexibility index (Phi) is 4.98. The van der Waals surface area contributed by atoms with Gasteiger partial charge in [0.1, 0.15) is 5.75 Å². The number of ether oxygens (including phenoxy) is 1. The van der Waals surface area contributed by atoms with Gasteiger partial charge in [-0.3, -0.25) is 9.69 Å². The highest BCUT2D eigenvalue weighted by Crippen LogP contribution is 2.16. The van der Waals surface area contributed by atoms with E-state index < -0.39 is 5.91 Å². The van der Waals surface area contributed by atoms with Crippen LogP contribution in [0, 0.1) is 0 Å². The molecule has 0 radical (unpaired) electrons. The summed E-state index contributed by atoms with van der Waals surface area (Å²) in [5.41, 5.74) is 6.28. The Hall–Kier alpha value is -1.59. The molecule has 0 spiro atoms. The third-order valence-electron chi connectivity index (χ3n) is 3.73. The fourth-order valence-electron chi connectivity index (χ4n) is 2.41. The molecule has 0 unspecified atom stereocenters. The maximum Gasteiger partial charge on any atom is 0.255 e. The first-order chi connectivity index (χ1) is 9.54. The lowest BCUT2D eigenvalue weighted by Crippen LogP contribution is -2.49. The van der Waals surface area contributed by atoms with Crippen LogP contribution in [0.15, 0.2) is 24.3 Å². The molecule has 1 heterocycles. The lowest BCUT2D eigenvalue weighted by Gasteiger charge is -2.37. The van der Waals surface area contributed by atoms with E-state index in [4.69, 9.17) is 10.5 Å². The van der Waals surface area contributed by atoms with Crippen molar-refractivity contribution in [1.29, 1.82) is 0 Å².